The Kier molecular flexibility index (Phi) is 5.73. The maximum atomic E-state index is 13.0. The summed E-state index contributed by atoms with van der Waals surface area (Å²) in [4.78, 5) is 48.9. The number of hydrogen-bond acceptors (Lipinski definition) is 7. The Morgan fingerprint density at radius 3 is 2.35 bits per heavy atom. The highest BCUT2D eigenvalue weighted by Gasteiger charge is 2.37. The first-order chi connectivity index (χ1) is 14.6. The summed E-state index contributed by atoms with van der Waals surface area (Å²) in [6.45, 7) is 3.99. The van der Waals surface area contributed by atoms with Crippen LogP contribution in [-0.4, -0.2) is 35.0 Å². The van der Waals surface area contributed by atoms with Crippen molar-refractivity contribution >= 4 is 35.3 Å². The van der Waals surface area contributed by atoms with E-state index in [1.807, 2.05) is 13.8 Å². The van der Waals surface area contributed by atoms with E-state index in [4.69, 9.17) is 4.74 Å². The highest BCUT2D eigenvalue weighted by Crippen LogP contribution is 2.36. The molecule has 4 amide bonds. The molecule has 0 radical (unpaired) electrons. The van der Waals surface area contributed by atoms with Crippen LogP contribution in [0.1, 0.15) is 30.9 Å². The van der Waals surface area contributed by atoms with E-state index in [9.17, 15) is 29.6 Å². The molecule has 0 atom stereocenters. The summed E-state index contributed by atoms with van der Waals surface area (Å²) in [7, 11) is 1.20. The molecule has 1 saturated heterocycles. The number of hydrogen-bond donors (Lipinski definition) is 2. The van der Waals surface area contributed by atoms with Gasteiger partial charge in [0.05, 0.1) is 23.8 Å². The van der Waals surface area contributed by atoms with Crippen molar-refractivity contribution in [1.29, 1.82) is 0 Å². The standard InChI is InChI=1S/C21H19N3O7/c1-11(2)12-4-6-14(7-5-12)23-20(27)16(19(26)22-21(23)28)9-13-8-15(24(29)30)10-17(31-3)18(13)25/h4-11,25H,1-3H3,(H,22,26,28). The molecule has 0 aromatic heterocycles. The summed E-state index contributed by atoms with van der Waals surface area (Å²) < 4.78 is 4.92. The first-order valence-corrected chi connectivity index (χ1v) is 9.20. The molecule has 0 spiro atoms. The number of aromatic hydroxyl groups is 1. The lowest BCUT2D eigenvalue weighted by atomic mass is 10.0. The zero-order valence-corrected chi connectivity index (χ0v) is 16.9. The number of amides is 4. The van der Waals surface area contributed by atoms with Crippen molar-refractivity contribution in [3.8, 4) is 11.5 Å². The highest BCUT2D eigenvalue weighted by molar-refractivity contribution is 6.39. The molecule has 1 fully saturated rings. The zero-order valence-electron chi connectivity index (χ0n) is 16.9. The zero-order chi connectivity index (χ0) is 22.9. The molecule has 2 aromatic carbocycles. The largest absolute Gasteiger partial charge is 0.504 e. The molecule has 1 aliphatic rings. The number of benzene rings is 2. The van der Waals surface area contributed by atoms with Crippen LogP contribution in [-0.2, 0) is 9.59 Å². The van der Waals surface area contributed by atoms with Gasteiger partial charge in [-0.1, -0.05) is 26.0 Å². The van der Waals surface area contributed by atoms with E-state index in [1.54, 1.807) is 24.3 Å². The van der Waals surface area contributed by atoms with E-state index >= 15 is 0 Å². The third-order valence-electron chi connectivity index (χ3n) is 4.74. The average molecular weight is 425 g/mol. The number of anilines is 1. The lowest BCUT2D eigenvalue weighted by Gasteiger charge is -2.26. The van der Waals surface area contributed by atoms with Gasteiger partial charge >= 0.3 is 6.03 Å². The van der Waals surface area contributed by atoms with Gasteiger partial charge in [-0.05, 0) is 29.7 Å². The number of nitro benzene ring substituents is 1. The Labute approximate surface area is 176 Å². The van der Waals surface area contributed by atoms with Gasteiger partial charge in [-0.2, -0.15) is 0 Å². The monoisotopic (exact) mass is 425 g/mol. The van der Waals surface area contributed by atoms with Gasteiger partial charge in [-0.25, -0.2) is 9.69 Å². The van der Waals surface area contributed by atoms with Crippen molar-refractivity contribution in [2.75, 3.05) is 12.0 Å². The van der Waals surface area contributed by atoms with Crippen LogP contribution in [0.5, 0.6) is 11.5 Å². The third kappa shape index (κ3) is 4.08. The molecular weight excluding hydrogens is 406 g/mol. The van der Waals surface area contributed by atoms with Gasteiger partial charge < -0.3 is 9.84 Å². The normalized spacial score (nSPS) is 15.4. The topological polar surface area (TPSA) is 139 Å². The Bertz CT molecular complexity index is 1120. The molecule has 160 valence electrons. The van der Waals surface area contributed by atoms with E-state index in [0.717, 1.165) is 28.7 Å². The lowest BCUT2D eigenvalue weighted by Crippen LogP contribution is -2.54. The SMILES string of the molecule is COc1cc([N+](=O)[O-])cc(C=C2C(=O)NC(=O)N(c3ccc(C(C)C)cc3)C2=O)c1O. The molecule has 0 unspecified atom stereocenters. The van der Waals surface area contributed by atoms with Gasteiger partial charge in [-0.3, -0.25) is 25.0 Å². The number of nitrogens with zero attached hydrogens (tertiary/aromatic N) is 2. The molecule has 0 saturated carbocycles. The predicted molar refractivity (Wildman–Crippen MR) is 111 cm³/mol. The smallest absolute Gasteiger partial charge is 0.335 e. The third-order valence-corrected chi connectivity index (χ3v) is 4.74. The van der Waals surface area contributed by atoms with Crippen LogP contribution in [0.2, 0.25) is 0 Å². The number of carbonyl (C=O) groups is 3. The molecule has 2 aromatic rings. The minimum absolute atomic E-state index is 0.186. The second-order valence-corrected chi connectivity index (χ2v) is 7.05. The second-order valence-electron chi connectivity index (χ2n) is 7.05. The summed E-state index contributed by atoms with van der Waals surface area (Å²) in [6, 6.07) is 7.75. The molecule has 10 heteroatoms. The fourth-order valence-electron chi connectivity index (χ4n) is 3.04. The molecule has 10 nitrogen and oxygen atoms in total. The summed E-state index contributed by atoms with van der Waals surface area (Å²) in [5.74, 6) is -2.39. The number of imide groups is 2. The molecule has 2 N–H and O–H groups in total. The van der Waals surface area contributed by atoms with Crippen molar-refractivity contribution in [2.45, 2.75) is 19.8 Å². The number of barbiturate groups is 1. The minimum Gasteiger partial charge on any atom is -0.504 e. The number of phenolic OH excluding ortho intramolecular Hbond substituents is 1. The minimum atomic E-state index is -0.991. The summed E-state index contributed by atoms with van der Waals surface area (Å²) in [6.07, 6.45) is 0.977. The Morgan fingerprint density at radius 1 is 1.16 bits per heavy atom. The molecule has 1 heterocycles. The summed E-state index contributed by atoms with van der Waals surface area (Å²) in [5.41, 5.74) is 0.155. The highest BCUT2D eigenvalue weighted by atomic mass is 16.6. The predicted octanol–water partition coefficient (Wildman–Crippen LogP) is 3.10. The Hall–Kier alpha value is -4.21. The molecule has 31 heavy (non-hydrogen) atoms. The maximum absolute atomic E-state index is 13.0. The number of carbonyl (C=O) groups excluding carboxylic acids is 3. The average Bonchev–Trinajstić information content (AvgIpc) is 2.72. The van der Waals surface area contributed by atoms with Crippen molar-refractivity contribution in [1.82, 2.24) is 5.32 Å². The Morgan fingerprint density at radius 2 is 1.81 bits per heavy atom. The van der Waals surface area contributed by atoms with Crippen molar-refractivity contribution in [2.24, 2.45) is 0 Å². The van der Waals surface area contributed by atoms with Crippen LogP contribution in [0.15, 0.2) is 42.0 Å². The number of nitrogens with one attached hydrogen (secondary N) is 1. The van der Waals surface area contributed by atoms with Gasteiger partial charge in [0, 0.05) is 11.6 Å². The molecule has 1 aliphatic heterocycles. The number of nitro groups is 1. The van der Waals surface area contributed by atoms with Gasteiger partial charge in [0.25, 0.3) is 17.5 Å². The van der Waals surface area contributed by atoms with Gasteiger partial charge in [-0.15, -0.1) is 0 Å². The van der Waals surface area contributed by atoms with Gasteiger partial charge in [0.1, 0.15) is 5.57 Å². The van der Waals surface area contributed by atoms with Crippen LogP contribution in [0, 0.1) is 10.1 Å². The Balaban J connectivity index is 2.07. The molecule has 0 bridgehead atoms. The van der Waals surface area contributed by atoms with Crippen molar-refractivity contribution < 1.29 is 29.2 Å². The van der Waals surface area contributed by atoms with Crippen LogP contribution in [0.3, 0.4) is 0 Å². The molecule has 0 aliphatic carbocycles. The summed E-state index contributed by atoms with van der Waals surface area (Å²) >= 11 is 0. The van der Waals surface area contributed by atoms with Gasteiger partial charge in [0.15, 0.2) is 11.5 Å². The van der Waals surface area contributed by atoms with Gasteiger partial charge in [0.2, 0.25) is 0 Å². The number of phenols is 1. The maximum Gasteiger partial charge on any atom is 0.335 e. The van der Waals surface area contributed by atoms with Crippen LogP contribution in [0.4, 0.5) is 16.2 Å². The fraction of sp³-hybridized carbons (Fsp3) is 0.190. The summed E-state index contributed by atoms with van der Waals surface area (Å²) in [5, 5.41) is 23.5. The fourth-order valence-corrected chi connectivity index (χ4v) is 3.04. The van der Waals surface area contributed by atoms with Crippen LogP contribution in [0.25, 0.3) is 6.08 Å². The van der Waals surface area contributed by atoms with Crippen LogP contribution < -0.4 is 15.0 Å². The van der Waals surface area contributed by atoms with E-state index in [0.29, 0.717) is 0 Å². The second kappa shape index (κ2) is 8.27. The van der Waals surface area contributed by atoms with E-state index in [1.165, 1.54) is 7.11 Å². The first-order valence-electron chi connectivity index (χ1n) is 9.20. The number of methoxy groups -OCH3 is 1. The lowest BCUT2D eigenvalue weighted by molar-refractivity contribution is -0.385. The quantitative estimate of drug-likeness (QED) is 0.325. The van der Waals surface area contributed by atoms with E-state index in [2.05, 4.69) is 5.32 Å². The molecule has 3 rings (SSSR count). The number of rotatable bonds is 5. The van der Waals surface area contributed by atoms with E-state index < -0.39 is 39.8 Å². The van der Waals surface area contributed by atoms with Crippen molar-refractivity contribution in [3.05, 3.63) is 63.2 Å². The number of urea groups is 1. The first kappa shape index (κ1) is 21.5. The van der Waals surface area contributed by atoms with E-state index in [-0.39, 0.29) is 22.9 Å². The van der Waals surface area contributed by atoms with Crippen LogP contribution >= 0.6 is 0 Å². The molecular formula is C21H19N3O7. The number of ether oxygens (including phenoxy) is 1. The van der Waals surface area contributed by atoms with Crippen molar-refractivity contribution in [3.63, 3.8) is 0 Å². The number of non-ortho nitro benzene ring substituents is 1.